The predicted molar refractivity (Wildman–Crippen MR) is 69.7 cm³/mol. The molecule has 0 bridgehead atoms. The normalized spacial score (nSPS) is 20.4. The van der Waals surface area contributed by atoms with E-state index in [1.54, 1.807) is 0 Å². The lowest BCUT2D eigenvalue weighted by Crippen LogP contribution is -2.40. The molecule has 1 aromatic rings. The number of nitrogens with two attached hydrogens (primary N) is 1. The van der Waals surface area contributed by atoms with Crippen LogP contribution in [0.2, 0.25) is 0 Å². The van der Waals surface area contributed by atoms with Crippen molar-refractivity contribution in [3.8, 4) is 0 Å². The fraction of sp³-hybridized carbons (Fsp3) is 0.500. The summed E-state index contributed by atoms with van der Waals surface area (Å²) in [4.78, 5) is -0.154. The van der Waals surface area contributed by atoms with E-state index in [2.05, 4.69) is 4.72 Å². The van der Waals surface area contributed by atoms with Crippen LogP contribution in [0.5, 0.6) is 0 Å². The Labute approximate surface area is 112 Å². The molecule has 7 heteroatoms. The van der Waals surface area contributed by atoms with Crippen LogP contribution in [0.3, 0.4) is 0 Å². The van der Waals surface area contributed by atoms with E-state index >= 15 is 0 Å². The third kappa shape index (κ3) is 3.23. The molecule has 1 aliphatic rings. The fourth-order valence-corrected chi connectivity index (χ4v) is 3.25. The standard InChI is InChI=1S/C12H17FN2O3S/c1-8-11(13)5-10(6-12(8)14)19(16,17)15-9-3-2-4-18-7-9/h5-6,9,15H,2-4,7,14H2,1H3. The Morgan fingerprint density at radius 3 is 2.79 bits per heavy atom. The molecule has 5 nitrogen and oxygen atoms in total. The highest BCUT2D eigenvalue weighted by Gasteiger charge is 2.23. The van der Waals surface area contributed by atoms with Crippen molar-refractivity contribution in [1.82, 2.24) is 4.72 Å². The van der Waals surface area contributed by atoms with Crippen LogP contribution in [0.15, 0.2) is 17.0 Å². The topological polar surface area (TPSA) is 81.4 Å². The van der Waals surface area contributed by atoms with Crippen molar-refractivity contribution in [3.63, 3.8) is 0 Å². The number of anilines is 1. The van der Waals surface area contributed by atoms with Gasteiger partial charge in [-0.1, -0.05) is 0 Å². The second-order valence-electron chi connectivity index (χ2n) is 4.65. The molecule has 3 N–H and O–H groups in total. The summed E-state index contributed by atoms with van der Waals surface area (Å²) in [7, 11) is -3.77. The van der Waals surface area contributed by atoms with E-state index in [0.717, 1.165) is 12.5 Å². The Kier molecular flexibility index (Phi) is 4.07. The van der Waals surface area contributed by atoms with Crippen molar-refractivity contribution in [2.75, 3.05) is 18.9 Å². The minimum absolute atomic E-state index is 0.125. The van der Waals surface area contributed by atoms with Gasteiger partial charge in [0.05, 0.1) is 11.5 Å². The Balaban J connectivity index is 2.24. The molecular weight excluding hydrogens is 271 g/mol. The lowest BCUT2D eigenvalue weighted by atomic mass is 10.1. The van der Waals surface area contributed by atoms with Gasteiger partial charge in [-0.05, 0) is 31.9 Å². The van der Waals surface area contributed by atoms with E-state index in [9.17, 15) is 12.8 Å². The highest BCUT2D eigenvalue weighted by Crippen LogP contribution is 2.21. The highest BCUT2D eigenvalue weighted by atomic mass is 32.2. The molecule has 0 aromatic heterocycles. The predicted octanol–water partition coefficient (Wildman–Crippen LogP) is 1.17. The average molecular weight is 288 g/mol. The number of benzene rings is 1. The molecule has 0 aliphatic carbocycles. The molecule has 2 rings (SSSR count). The van der Waals surface area contributed by atoms with Crippen LogP contribution in [0, 0.1) is 12.7 Å². The maximum atomic E-state index is 13.6. The summed E-state index contributed by atoms with van der Waals surface area (Å²) >= 11 is 0. The quantitative estimate of drug-likeness (QED) is 0.818. The smallest absolute Gasteiger partial charge is 0.241 e. The van der Waals surface area contributed by atoms with Crippen molar-refractivity contribution in [1.29, 1.82) is 0 Å². The van der Waals surface area contributed by atoms with Crippen molar-refractivity contribution in [2.45, 2.75) is 30.7 Å². The highest BCUT2D eigenvalue weighted by molar-refractivity contribution is 7.89. The molecule has 19 heavy (non-hydrogen) atoms. The minimum atomic E-state index is -3.77. The van der Waals surface area contributed by atoms with Gasteiger partial charge in [0.25, 0.3) is 0 Å². The average Bonchev–Trinajstić information content (AvgIpc) is 2.36. The third-order valence-electron chi connectivity index (χ3n) is 3.15. The molecule has 1 aliphatic heterocycles. The zero-order valence-corrected chi connectivity index (χ0v) is 11.5. The van der Waals surface area contributed by atoms with Gasteiger partial charge in [-0.25, -0.2) is 17.5 Å². The number of rotatable bonds is 3. The van der Waals surface area contributed by atoms with E-state index in [0.29, 0.717) is 19.6 Å². The molecule has 1 atom stereocenters. The SMILES string of the molecule is Cc1c(N)cc(S(=O)(=O)NC2CCCOC2)cc1F. The summed E-state index contributed by atoms with van der Waals surface area (Å²) in [6, 6.07) is 1.98. The third-order valence-corrected chi connectivity index (χ3v) is 4.65. The van der Waals surface area contributed by atoms with Crippen molar-refractivity contribution < 1.29 is 17.5 Å². The molecule has 0 amide bonds. The molecular formula is C12H17FN2O3S. The van der Waals surface area contributed by atoms with Crippen LogP contribution in [0.1, 0.15) is 18.4 Å². The van der Waals surface area contributed by atoms with Gasteiger partial charge in [0.2, 0.25) is 10.0 Å². The molecule has 1 heterocycles. The lowest BCUT2D eigenvalue weighted by molar-refractivity contribution is 0.0774. The Hall–Kier alpha value is -1.18. The number of nitrogen functional groups attached to an aromatic ring is 1. The fourth-order valence-electron chi connectivity index (χ4n) is 1.95. The molecule has 0 radical (unpaired) electrons. The summed E-state index contributed by atoms with van der Waals surface area (Å²) in [5.74, 6) is -0.625. The number of halogens is 1. The van der Waals surface area contributed by atoms with Gasteiger partial charge in [-0.2, -0.15) is 0 Å². The monoisotopic (exact) mass is 288 g/mol. The first kappa shape index (κ1) is 14.2. The largest absolute Gasteiger partial charge is 0.398 e. The van der Waals surface area contributed by atoms with Gasteiger partial charge in [-0.15, -0.1) is 0 Å². The summed E-state index contributed by atoms with van der Waals surface area (Å²) in [6.45, 7) is 2.48. The van der Waals surface area contributed by atoms with Gasteiger partial charge in [0, 0.05) is 23.9 Å². The Morgan fingerprint density at radius 1 is 1.47 bits per heavy atom. The van der Waals surface area contributed by atoms with Crippen LogP contribution in [-0.4, -0.2) is 27.7 Å². The summed E-state index contributed by atoms with van der Waals surface area (Å²) in [5.41, 5.74) is 5.97. The van der Waals surface area contributed by atoms with Crippen molar-refractivity contribution in [3.05, 3.63) is 23.5 Å². The number of sulfonamides is 1. The lowest BCUT2D eigenvalue weighted by Gasteiger charge is -2.23. The van der Waals surface area contributed by atoms with Gasteiger partial charge in [0.1, 0.15) is 5.82 Å². The van der Waals surface area contributed by atoms with Gasteiger partial charge >= 0.3 is 0 Å². The number of hydrogen-bond donors (Lipinski definition) is 2. The van der Waals surface area contributed by atoms with Gasteiger partial charge < -0.3 is 10.5 Å². The van der Waals surface area contributed by atoms with Crippen LogP contribution in [0.4, 0.5) is 10.1 Å². The van der Waals surface area contributed by atoms with Crippen molar-refractivity contribution in [2.24, 2.45) is 0 Å². The first-order valence-electron chi connectivity index (χ1n) is 6.06. The maximum absolute atomic E-state index is 13.6. The maximum Gasteiger partial charge on any atom is 0.241 e. The number of hydrogen-bond acceptors (Lipinski definition) is 4. The molecule has 0 spiro atoms. The van der Waals surface area contributed by atoms with E-state index in [4.69, 9.17) is 10.5 Å². The summed E-state index contributed by atoms with van der Waals surface area (Å²) < 4.78 is 45.5. The van der Waals surface area contributed by atoms with Crippen LogP contribution in [-0.2, 0) is 14.8 Å². The molecule has 1 saturated heterocycles. The summed E-state index contributed by atoms with van der Waals surface area (Å²) in [6.07, 6.45) is 1.51. The first-order chi connectivity index (χ1) is 8.90. The zero-order chi connectivity index (χ0) is 14.0. The van der Waals surface area contributed by atoms with Crippen molar-refractivity contribution >= 4 is 15.7 Å². The van der Waals surface area contributed by atoms with Gasteiger partial charge in [-0.3, -0.25) is 0 Å². The molecule has 1 aromatic carbocycles. The van der Waals surface area contributed by atoms with Gasteiger partial charge in [0.15, 0.2) is 0 Å². The van der Waals surface area contributed by atoms with E-state index in [-0.39, 0.29) is 22.2 Å². The van der Waals surface area contributed by atoms with E-state index < -0.39 is 15.8 Å². The molecule has 0 saturated carbocycles. The van der Waals surface area contributed by atoms with Crippen LogP contribution in [0.25, 0.3) is 0 Å². The van der Waals surface area contributed by atoms with E-state index in [1.807, 2.05) is 0 Å². The second-order valence-corrected chi connectivity index (χ2v) is 6.37. The van der Waals surface area contributed by atoms with Crippen LogP contribution >= 0.6 is 0 Å². The second kappa shape index (κ2) is 5.44. The molecule has 106 valence electrons. The van der Waals surface area contributed by atoms with Crippen LogP contribution < -0.4 is 10.5 Å². The number of ether oxygens (including phenoxy) is 1. The minimum Gasteiger partial charge on any atom is -0.398 e. The van der Waals surface area contributed by atoms with E-state index in [1.165, 1.54) is 13.0 Å². The Bertz CT molecular complexity index is 545. The zero-order valence-electron chi connectivity index (χ0n) is 10.6. The molecule has 1 fully saturated rings. The Morgan fingerprint density at radius 2 is 2.21 bits per heavy atom. The first-order valence-corrected chi connectivity index (χ1v) is 7.54. The number of nitrogens with one attached hydrogen (secondary N) is 1. The summed E-state index contributed by atoms with van der Waals surface area (Å²) in [5, 5.41) is 0. The molecule has 1 unspecified atom stereocenters.